The molecular weight excluding hydrogens is 375 g/mol. The fourth-order valence-electron chi connectivity index (χ4n) is 1.68. The molecule has 2 rings (SSSR count). The topological polar surface area (TPSA) is 77.5 Å². The van der Waals surface area contributed by atoms with E-state index in [9.17, 15) is 9.59 Å². The third-order valence-electron chi connectivity index (χ3n) is 2.69. The van der Waals surface area contributed by atoms with Gasteiger partial charge in [-0.15, -0.1) is 11.3 Å². The fraction of sp³-hybridized carbons (Fsp3) is 0.267. The van der Waals surface area contributed by atoms with Crippen molar-refractivity contribution in [3.8, 4) is 5.75 Å². The SMILES string of the molecule is CCOC(=O)Cc1csc(NC(=O)COc2ccc(Cl)c(Cl)c2)n1. The van der Waals surface area contributed by atoms with Crippen molar-refractivity contribution >= 4 is 51.5 Å². The first-order valence-electron chi connectivity index (χ1n) is 6.95. The minimum absolute atomic E-state index is 0.0694. The predicted octanol–water partition coefficient (Wildman–Crippen LogP) is 3.57. The normalized spacial score (nSPS) is 10.3. The summed E-state index contributed by atoms with van der Waals surface area (Å²) in [6.45, 7) is 1.85. The number of nitrogens with one attached hydrogen (secondary N) is 1. The standard InChI is InChI=1S/C15H14Cl2N2O4S/c1-2-22-14(21)5-9-8-24-15(18-9)19-13(20)7-23-10-3-4-11(16)12(17)6-10/h3-4,6,8H,2,5,7H2,1H3,(H,18,19,20). The summed E-state index contributed by atoms with van der Waals surface area (Å²) in [5.41, 5.74) is 0.541. The van der Waals surface area contributed by atoms with Gasteiger partial charge in [-0.3, -0.25) is 14.9 Å². The number of hydrogen-bond donors (Lipinski definition) is 1. The number of benzene rings is 1. The number of amides is 1. The lowest BCUT2D eigenvalue weighted by Gasteiger charge is -2.06. The smallest absolute Gasteiger partial charge is 0.311 e. The number of halogens is 2. The molecule has 0 aliphatic heterocycles. The molecule has 1 heterocycles. The summed E-state index contributed by atoms with van der Waals surface area (Å²) in [5.74, 6) is -0.302. The van der Waals surface area contributed by atoms with Gasteiger partial charge in [0.2, 0.25) is 0 Å². The van der Waals surface area contributed by atoms with Crippen LogP contribution in [0.25, 0.3) is 0 Å². The molecule has 1 N–H and O–H groups in total. The number of hydrogen-bond acceptors (Lipinski definition) is 6. The molecule has 1 amide bonds. The molecule has 24 heavy (non-hydrogen) atoms. The Kier molecular flexibility index (Phi) is 6.84. The van der Waals surface area contributed by atoms with Crippen LogP contribution in [0.3, 0.4) is 0 Å². The Hall–Kier alpha value is -1.83. The highest BCUT2D eigenvalue weighted by Crippen LogP contribution is 2.26. The van der Waals surface area contributed by atoms with Crippen molar-refractivity contribution in [2.24, 2.45) is 0 Å². The molecule has 0 atom stereocenters. The number of carbonyl (C=O) groups is 2. The van der Waals surface area contributed by atoms with Crippen molar-refractivity contribution in [1.82, 2.24) is 4.98 Å². The number of carbonyl (C=O) groups excluding carboxylic acids is 2. The number of rotatable bonds is 7. The van der Waals surface area contributed by atoms with E-state index < -0.39 is 0 Å². The van der Waals surface area contributed by atoms with Crippen LogP contribution in [0.4, 0.5) is 5.13 Å². The maximum Gasteiger partial charge on any atom is 0.311 e. The summed E-state index contributed by atoms with van der Waals surface area (Å²) in [7, 11) is 0. The van der Waals surface area contributed by atoms with Gasteiger partial charge in [0, 0.05) is 11.4 Å². The molecule has 0 bridgehead atoms. The first-order valence-corrected chi connectivity index (χ1v) is 8.59. The summed E-state index contributed by atoms with van der Waals surface area (Å²) in [5, 5.41) is 5.42. The highest BCUT2D eigenvalue weighted by molar-refractivity contribution is 7.13. The largest absolute Gasteiger partial charge is 0.484 e. The Bertz CT molecular complexity index is 736. The second kappa shape index (κ2) is 8.86. The van der Waals surface area contributed by atoms with Crippen LogP contribution in [0.1, 0.15) is 12.6 Å². The second-order valence-electron chi connectivity index (χ2n) is 4.54. The quantitative estimate of drug-likeness (QED) is 0.733. The van der Waals surface area contributed by atoms with E-state index >= 15 is 0 Å². The highest BCUT2D eigenvalue weighted by Gasteiger charge is 2.11. The number of esters is 1. The maximum atomic E-state index is 11.9. The zero-order chi connectivity index (χ0) is 17.5. The van der Waals surface area contributed by atoms with Crippen LogP contribution in [0.2, 0.25) is 10.0 Å². The van der Waals surface area contributed by atoms with Crippen LogP contribution in [-0.4, -0.2) is 30.1 Å². The molecular formula is C15H14Cl2N2O4S. The molecule has 0 radical (unpaired) electrons. The molecule has 0 saturated carbocycles. The molecule has 0 saturated heterocycles. The van der Waals surface area contributed by atoms with Crippen molar-refractivity contribution in [3.63, 3.8) is 0 Å². The molecule has 1 aromatic heterocycles. The van der Waals surface area contributed by atoms with Gasteiger partial charge in [-0.2, -0.15) is 0 Å². The third kappa shape index (κ3) is 5.67. The minimum Gasteiger partial charge on any atom is -0.484 e. The molecule has 1 aromatic carbocycles. The molecule has 0 aliphatic rings. The average molecular weight is 389 g/mol. The summed E-state index contributed by atoms with van der Waals surface area (Å²) in [6, 6.07) is 4.72. The third-order valence-corrected chi connectivity index (χ3v) is 4.24. The zero-order valence-corrected chi connectivity index (χ0v) is 15.0. The summed E-state index contributed by atoms with van der Waals surface area (Å²) < 4.78 is 10.2. The number of thiazole rings is 1. The maximum absolute atomic E-state index is 11.9. The summed E-state index contributed by atoms with van der Waals surface area (Å²) >= 11 is 12.9. The fourth-order valence-corrected chi connectivity index (χ4v) is 2.69. The minimum atomic E-state index is -0.377. The zero-order valence-electron chi connectivity index (χ0n) is 12.7. The Morgan fingerprint density at radius 2 is 2.08 bits per heavy atom. The number of nitrogens with zero attached hydrogens (tertiary/aromatic N) is 1. The molecule has 0 spiro atoms. The van der Waals surface area contributed by atoms with Gasteiger partial charge in [0.05, 0.1) is 28.8 Å². The van der Waals surface area contributed by atoms with Gasteiger partial charge in [-0.25, -0.2) is 4.98 Å². The van der Waals surface area contributed by atoms with Crippen molar-refractivity contribution in [2.45, 2.75) is 13.3 Å². The van der Waals surface area contributed by atoms with Gasteiger partial charge in [0.15, 0.2) is 11.7 Å². The van der Waals surface area contributed by atoms with Crippen LogP contribution >= 0.6 is 34.5 Å². The van der Waals surface area contributed by atoms with E-state index in [4.69, 9.17) is 32.7 Å². The Morgan fingerprint density at radius 3 is 2.79 bits per heavy atom. The Labute approximate surface area is 152 Å². The van der Waals surface area contributed by atoms with E-state index in [-0.39, 0.29) is 24.9 Å². The highest BCUT2D eigenvalue weighted by atomic mass is 35.5. The number of anilines is 1. The van der Waals surface area contributed by atoms with Crippen molar-refractivity contribution in [3.05, 3.63) is 39.3 Å². The van der Waals surface area contributed by atoms with Gasteiger partial charge in [0.1, 0.15) is 5.75 Å². The van der Waals surface area contributed by atoms with Crippen LogP contribution in [0, 0.1) is 0 Å². The van der Waals surface area contributed by atoms with Gasteiger partial charge in [-0.1, -0.05) is 23.2 Å². The van der Waals surface area contributed by atoms with Crippen molar-refractivity contribution < 1.29 is 19.1 Å². The van der Waals surface area contributed by atoms with Crippen LogP contribution < -0.4 is 10.1 Å². The Morgan fingerprint density at radius 1 is 1.29 bits per heavy atom. The van der Waals surface area contributed by atoms with Crippen LogP contribution in [0.15, 0.2) is 23.6 Å². The Balaban J connectivity index is 1.83. The first-order chi connectivity index (χ1) is 11.5. The number of aromatic nitrogens is 1. The molecule has 0 fully saturated rings. The number of ether oxygens (including phenoxy) is 2. The lowest BCUT2D eigenvalue weighted by molar-refractivity contribution is -0.142. The molecule has 128 valence electrons. The van der Waals surface area contributed by atoms with Gasteiger partial charge in [-0.05, 0) is 19.1 Å². The summed E-state index contributed by atoms with van der Waals surface area (Å²) in [6.07, 6.45) is 0.0694. The van der Waals surface area contributed by atoms with Crippen molar-refractivity contribution in [1.29, 1.82) is 0 Å². The molecule has 0 unspecified atom stereocenters. The summed E-state index contributed by atoms with van der Waals surface area (Å²) in [4.78, 5) is 27.4. The van der Waals surface area contributed by atoms with E-state index in [2.05, 4.69) is 10.3 Å². The second-order valence-corrected chi connectivity index (χ2v) is 6.21. The van der Waals surface area contributed by atoms with E-state index in [0.29, 0.717) is 33.2 Å². The van der Waals surface area contributed by atoms with Gasteiger partial charge < -0.3 is 9.47 Å². The predicted molar refractivity (Wildman–Crippen MR) is 93.0 cm³/mol. The van der Waals surface area contributed by atoms with Gasteiger partial charge in [0.25, 0.3) is 5.91 Å². The molecule has 6 nitrogen and oxygen atoms in total. The van der Waals surface area contributed by atoms with E-state index in [0.717, 1.165) is 0 Å². The van der Waals surface area contributed by atoms with Gasteiger partial charge >= 0.3 is 5.97 Å². The van der Waals surface area contributed by atoms with Crippen LogP contribution in [0.5, 0.6) is 5.75 Å². The van der Waals surface area contributed by atoms with Crippen LogP contribution in [-0.2, 0) is 20.7 Å². The van der Waals surface area contributed by atoms with E-state index in [1.54, 1.807) is 24.4 Å². The van der Waals surface area contributed by atoms with E-state index in [1.807, 2.05) is 0 Å². The lowest BCUT2D eigenvalue weighted by Crippen LogP contribution is -2.20. The first kappa shape index (κ1) is 18.5. The molecule has 2 aromatic rings. The lowest BCUT2D eigenvalue weighted by atomic mass is 10.3. The average Bonchev–Trinajstić information content (AvgIpc) is 2.95. The van der Waals surface area contributed by atoms with E-state index in [1.165, 1.54) is 17.4 Å². The monoisotopic (exact) mass is 388 g/mol. The van der Waals surface area contributed by atoms with Crippen molar-refractivity contribution in [2.75, 3.05) is 18.5 Å². The molecule has 9 heteroatoms. The molecule has 0 aliphatic carbocycles.